The Bertz CT molecular complexity index is 725. The average Bonchev–Trinajstić information content (AvgIpc) is 2.47. The van der Waals surface area contributed by atoms with E-state index in [-0.39, 0.29) is 0 Å². The van der Waals surface area contributed by atoms with Crippen molar-refractivity contribution < 1.29 is 5.11 Å². The van der Waals surface area contributed by atoms with E-state index >= 15 is 0 Å². The summed E-state index contributed by atoms with van der Waals surface area (Å²) in [6.07, 6.45) is 0.186. The van der Waals surface area contributed by atoms with Crippen molar-refractivity contribution in [1.29, 1.82) is 0 Å². The van der Waals surface area contributed by atoms with Crippen molar-refractivity contribution >= 4 is 10.8 Å². The van der Waals surface area contributed by atoms with E-state index in [1.54, 1.807) is 0 Å². The molecule has 20 heavy (non-hydrogen) atoms. The van der Waals surface area contributed by atoms with Crippen LogP contribution in [0.4, 0.5) is 0 Å². The first-order valence-electron chi connectivity index (χ1n) is 6.95. The maximum atomic E-state index is 10.5. The number of hydrogen-bond donors (Lipinski definition) is 1. The van der Waals surface area contributed by atoms with Gasteiger partial charge in [-0.3, -0.25) is 0 Å². The predicted octanol–water partition coefficient (Wildman–Crippen LogP) is 4.42. The lowest BCUT2D eigenvalue weighted by molar-refractivity contribution is 0.179. The van der Waals surface area contributed by atoms with Gasteiger partial charge in [0.25, 0.3) is 0 Å². The van der Waals surface area contributed by atoms with Gasteiger partial charge >= 0.3 is 0 Å². The summed E-state index contributed by atoms with van der Waals surface area (Å²) >= 11 is 0. The molecule has 0 aliphatic heterocycles. The standard InChI is InChI=1S/C19H18O/c1-14-6-4-10-17(12-14)19(20)13-16-9-5-8-15-7-2-3-11-18(15)16/h2-12,19-20H,13H2,1H3. The van der Waals surface area contributed by atoms with Crippen molar-refractivity contribution in [2.75, 3.05) is 0 Å². The van der Waals surface area contributed by atoms with Gasteiger partial charge in [-0.1, -0.05) is 72.3 Å². The van der Waals surface area contributed by atoms with E-state index in [9.17, 15) is 5.11 Å². The highest BCUT2D eigenvalue weighted by atomic mass is 16.3. The van der Waals surface area contributed by atoms with E-state index in [2.05, 4.69) is 36.4 Å². The molecule has 0 aliphatic carbocycles. The number of hydrogen-bond acceptors (Lipinski definition) is 1. The van der Waals surface area contributed by atoms with E-state index in [1.807, 2.05) is 37.3 Å². The molecule has 3 aromatic rings. The molecule has 0 fully saturated rings. The van der Waals surface area contributed by atoms with Gasteiger partial charge in [0.1, 0.15) is 0 Å². The van der Waals surface area contributed by atoms with Crippen LogP contribution < -0.4 is 0 Å². The fourth-order valence-corrected chi connectivity index (χ4v) is 2.67. The maximum Gasteiger partial charge on any atom is 0.0830 e. The lowest BCUT2D eigenvalue weighted by Crippen LogP contribution is -2.02. The topological polar surface area (TPSA) is 20.2 Å². The third kappa shape index (κ3) is 2.59. The molecule has 0 heterocycles. The third-order valence-electron chi connectivity index (χ3n) is 3.72. The molecule has 0 aliphatic rings. The van der Waals surface area contributed by atoms with Gasteiger partial charge < -0.3 is 5.11 Å². The summed E-state index contributed by atoms with van der Waals surface area (Å²) in [6, 6.07) is 22.7. The van der Waals surface area contributed by atoms with Crippen molar-refractivity contribution in [3.05, 3.63) is 83.4 Å². The van der Waals surface area contributed by atoms with E-state index in [4.69, 9.17) is 0 Å². The molecule has 1 heteroatoms. The third-order valence-corrected chi connectivity index (χ3v) is 3.72. The van der Waals surface area contributed by atoms with Gasteiger partial charge in [0, 0.05) is 6.42 Å². The molecule has 1 atom stereocenters. The van der Waals surface area contributed by atoms with Gasteiger partial charge in [0.2, 0.25) is 0 Å². The predicted molar refractivity (Wildman–Crippen MR) is 83.8 cm³/mol. The molecule has 0 bridgehead atoms. The Morgan fingerprint density at radius 1 is 0.900 bits per heavy atom. The van der Waals surface area contributed by atoms with Crippen LogP contribution in [0.15, 0.2) is 66.7 Å². The minimum absolute atomic E-state index is 0.458. The van der Waals surface area contributed by atoms with Crippen molar-refractivity contribution in [2.24, 2.45) is 0 Å². The summed E-state index contributed by atoms with van der Waals surface area (Å²) in [6.45, 7) is 2.05. The van der Waals surface area contributed by atoms with E-state index in [1.165, 1.54) is 21.9 Å². The Morgan fingerprint density at radius 3 is 2.50 bits per heavy atom. The quantitative estimate of drug-likeness (QED) is 0.740. The smallest absolute Gasteiger partial charge is 0.0830 e. The zero-order valence-corrected chi connectivity index (χ0v) is 11.6. The van der Waals surface area contributed by atoms with Crippen LogP contribution in [-0.2, 0) is 6.42 Å². The Morgan fingerprint density at radius 2 is 1.65 bits per heavy atom. The molecule has 3 aromatic carbocycles. The molecule has 1 unspecified atom stereocenters. The fraction of sp³-hybridized carbons (Fsp3) is 0.158. The lowest BCUT2D eigenvalue weighted by Gasteiger charge is -2.13. The van der Waals surface area contributed by atoms with Gasteiger partial charge in [-0.2, -0.15) is 0 Å². The molecule has 0 saturated carbocycles. The Labute approximate surface area is 119 Å². The molecule has 3 rings (SSSR count). The number of rotatable bonds is 3. The molecule has 1 N–H and O–H groups in total. The minimum atomic E-state index is -0.458. The summed E-state index contributed by atoms with van der Waals surface area (Å²) in [4.78, 5) is 0. The van der Waals surface area contributed by atoms with Crippen molar-refractivity contribution in [1.82, 2.24) is 0 Å². The molecule has 0 spiro atoms. The first kappa shape index (κ1) is 12.9. The van der Waals surface area contributed by atoms with E-state index in [0.717, 1.165) is 5.56 Å². The monoisotopic (exact) mass is 262 g/mol. The van der Waals surface area contributed by atoms with Crippen LogP contribution in [0, 0.1) is 6.92 Å². The molecular weight excluding hydrogens is 244 g/mol. The summed E-state index contributed by atoms with van der Waals surface area (Å²) in [5.74, 6) is 0. The van der Waals surface area contributed by atoms with Gasteiger partial charge in [-0.25, -0.2) is 0 Å². The second kappa shape index (κ2) is 5.48. The van der Waals surface area contributed by atoms with Crippen molar-refractivity contribution in [3.63, 3.8) is 0 Å². The molecular formula is C19H18O. The first-order chi connectivity index (χ1) is 9.74. The van der Waals surface area contributed by atoms with Crippen LogP contribution in [0.1, 0.15) is 22.8 Å². The first-order valence-corrected chi connectivity index (χ1v) is 6.95. The largest absolute Gasteiger partial charge is 0.388 e. The highest BCUT2D eigenvalue weighted by molar-refractivity contribution is 5.85. The molecule has 100 valence electrons. The Kier molecular flexibility index (Phi) is 3.53. The Hall–Kier alpha value is -2.12. The SMILES string of the molecule is Cc1cccc(C(O)Cc2cccc3ccccc23)c1. The molecule has 1 nitrogen and oxygen atoms in total. The van der Waals surface area contributed by atoms with Crippen LogP contribution in [0.2, 0.25) is 0 Å². The van der Waals surface area contributed by atoms with E-state index < -0.39 is 6.10 Å². The van der Waals surface area contributed by atoms with Gasteiger partial charge in [0.15, 0.2) is 0 Å². The van der Waals surface area contributed by atoms with Crippen molar-refractivity contribution in [2.45, 2.75) is 19.4 Å². The minimum Gasteiger partial charge on any atom is -0.388 e. The zero-order valence-electron chi connectivity index (χ0n) is 11.6. The highest BCUT2D eigenvalue weighted by Gasteiger charge is 2.10. The van der Waals surface area contributed by atoms with Crippen LogP contribution in [-0.4, -0.2) is 5.11 Å². The van der Waals surface area contributed by atoms with Gasteiger partial charge in [-0.15, -0.1) is 0 Å². The van der Waals surface area contributed by atoms with Gasteiger partial charge in [0.05, 0.1) is 6.10 Å². The zero-order chi connectivity index (χ0) is 13.9. The average molecular weight is 262 g/mol. The van der Waals surface area contributed by atoms with Gasteiger partial charge in [-0.05, 0) is 28.8 Å². The highest BCUT2D eigenvalue weighted by Crippen LogP contribution is 2.24. The van der Waals surface area contributed by atoms with Crippen LogP contribution in [0.25, 0.3) is 10.8 Å². The molecule has 0 saturated heterocycles. The lowest BCUT2D eigenvalue weighted by atomic mass is 9.96. The molecule has 0 amide bonds. The van der Waals surface area contributed by atoms with Crippen LogP contribution >= 0.6 is 0 Å². The summed E-state index contributed by atoms with van der Waals surface area (Å²) in [5, 5.41) is 12.9. The fourth-order valence-electron chi connectivity index (χ4n) is 2.67. The molecule has 0 radical (unpaired) electrons. The Balaban J connectivity index is 1.93. The summed E-state index contributed by atoms with van der Waals surface area (Å²) in [7, 11) is 0. The van der Waals surface area contributed by atoms with Crippen LogP contribution in [0.5, 0.6) is 0 Å². The second-order valence-electron chi connectivity index (χ2n) is 5.27. The second-order valence-corrected chi connectivity index (χ2v) is 5.27. The summed E-state index contributed by atoms with van der Waals surface area (Å²) < 4.78 is 0. The van der Waals surface area contributed by atoms with Crippen molar-refractivity contribution in [3.8, 4) is 0 Å². The summed E-state index contributed by atoms with van der Waals surface area (Å²) in [5.41, 5.74) is 3.36. The number of benzene rings is 3. The number of aliphatic hydroxyl groups is 1. The normalized spacial score (nSPS) is 12.5. The maximum absolute atomic E-state index is 10.5. The van der Waals surface area contributed by atoms with E-state index in [0.29, 0.717) is 6.42 Å². The number of aryl methyl sites for hydroxylation is 1. The van der Waals surface area contributed by atoms with Crippen LogP contribution in [0.3, 0.4) is 0 Å². The number of aliphatic hydroxyl groups excluding tert-OH is 1. The number of fused-ring (bicyclic) bond motifs is 1. The molecule has 0 aromatic heterocycles.